The number of hydrogen-bond acceptors (Lipinski definition) is 5. The minimum absolute atomic E-state index is 0.0825. The van der Waals surface area contributed by atoms with Crippen molar-refractivity contribution in [1.29, 1.82) is 0 Å². The highest BCUT2D eigenvalue weighted by Gasteiger charge is 2.29. The summed E-state index contributed by atoms with van der Waals surface area (Å²) >= 11 is 1.47. The van der Waals surface area contributed by atoms with Crippen molar-refractivity contribution in [3.63, 3.8) is 0 Å². The highest BCUT2D eigenvalue weighted by Crippen LogP contribution is 2.30. The molecule has 1 aliphatic rings. The van der Waals surface area contributed by atoms with Gasteiger partial charge in [-0.15, -0.1) is 17.9 Å². The first-order valence-electron chi connectivity index (χ1n) is 7.03. The van der Waals surface area contributed by atoms with Crippen molar-refractivity contribution < 1.29 is 13.5 Å². The van der Waals surface area contributed by atoms with Gasteiger partial charge in [0.25, 0.3) is 0 Å². The van der Waals surface area contributed by atoms with Crippen molar-refractivity contribution >= 4 is 21.4 Å². The lowest BCUT2D eigenvalue weighted by Gasteiger charge is -2.20. The average Bonchev–Trinajstić information content (AvgIpc) is 3.18. The number of rotatable bonds is 9. The van der Waals surface area contributed by atoms with Crippen LogP contribution in [0, 0.1) is 6.92 Å². The fourth-order valence-electron chi connectivity index (χ4n) is 2.17. The third-order valence-electron chi connectivity index (χ3n) is 3.40. The Labute approximate surface area is 130 Å². The Balaban J connectivity index is 2.27. The second kappa shape index (κ2) is 7.02. The molecule has 0 unspecified atom stereocenters. The molecule has 7 heteroatoms. The number of aryl methyl sites for hydroxylation is 1. The number of hydrogen-bond donors (Lipinski definition) is 2. The van der Waals surface area contributed by atoms with Gasteiger partial charge in [-0.05, 0) is 30.7 Å². The molecule has 0 amide bonds. The van der Waals surface area contributed by atoms with E-state index in [0.29, 0.717) is 17.5 Å². The third kappa shape index (κ3) is 3.92. The van der Waals surface area contributed by atoms with E-state index in [1.54, 1.807) is 0 Å². The fraction of sp³-hybridized carbons (Fsp3) is 0.571. The number of aliphatic hydroxyl groups is 1. The van der Waals surface area contributed by atoms with Crippen LogP contribution < -0.4 is 5.32 Å². The predicted octanol–water partition coefficient (Wildman–Crippen LogP) is 1.48. The molecule has 5 nitrogen and oxygen atoms in total. The van der Waals surface area contributed by atoms with E-state index >= 15 is 0 Å². The minimum Gasteiger partial charge on any atom is -0.395 e. The van der Waals surface area contributed by atoms with Gasteiger partial charge in [0.05, 0.1) is 6.61 Å². The van der Waals surface area contributed by atoms with E-state index in [9.17, 15) is 8.42 Å². The number of aliphatic hydroxyl groups excluding tert-OH is 1. The zero-order valence-electron chi connectivity index (χ0n) is 12.2. The molecule has 1 saturated carbocycles. The zero-order chi connectivity index (χ0) is 15.5. The lowest BCUT2D eigenvalue weighted by molar-refractivity contribution is 0.260. The maximum absolute atomic E-state index is 12.8. The molecule has 2 rings (SSSR count). The van der Waals surface area contributed by atoms with Crippen LogP contribution in [0.4, 0.5) is 0 Å². The number of sulfonamides is 1. The van der Waals surface area contributed by atoms with E-state index in [1.807, 2.05) is 12.3 Å². The van der Waals surface area contributed by atoms with Gasteiger partial charge in [-0.1, -0.05) is 6.08 Å². The first kappa shape index (κ1) is 16.6. The molecule has 1 aromatic rings. The maximum atomic E-state index is 12.8. The molecule has 1 fully saturated rings. The summed E-state index contributed by atoms with van der Waals surface area (Å²) in [5, 5.41) is 14.3. The lowest BCUT2D eigenvalue weighted by atomic mass is 10.3. The molecular weight excluding hydrogens is 308 g/mol. The summed E-state index contributed by atoms with van der Waals surface area (Å²) in [6.07, 6.45) is 3.87. The zero-order valence-corrected chi connectivity index (χ0v) is 13.8. The first-order valence-corrected chi connectivity index (χ1v) is 9.35. The van der Waals surface area contributed by atoms with Gasteiger partial charge >= 0.3 is 0 Å². The molecule has 0 radical (unpaired) electrons. The van der Waals surface area contributed by atoms with Crippen LogP contribution in [0.1, 0.15) is 23.3 Å². The molecule has 0 spiro atoms. The van der Waals surface area contributed by atoms with Crippen LogP contribution in [-0.4, -0.2) is 43.6 Å². The minimum atomic E-state index is -3.60. The van der Waals surface area contributed by atoms with Crippen molar-refractivity contribution in [3.8, 4) is 0 Å². The van der Waals surface area contributed by atoms with E-state index in [-0.39, 0.29) is 19.7 Å². The van der Waals surface area contributed by atoms with Crippen LogP contribution in [0.15, 0.2) is 22.9 Å². The quantitative estimate of drug-likeness (QED) is 0.673. The van der Waals surface area contributed by atoms with E-state index < -0.39 is 10.0 Å². The molecule has 21 heavy (non-hydrogen) atoms. The Hall–Kier alpha value is -0.730. The Morgan fingerprint density at radius 1 is 1.57 bits per heavy atom. The standard InChI is InChI=1S/C14H22N2O3S2/c1-3-6-16(7-8-17)21(18,19)14-11(2)10-20-13(14)9-15-12-4-5-12/h3,10,12,15,17H,1,4-9H2,2H3. The average molecular weight is 330 g/mol. The molecule has 2 N–H and O–H groups in total. The summed E-state index contributed by atoms with van der Waals surface area (Å²) in [6, 6.07) is 0.532. The molecular formula is C14H22N2O3S2. The number of nitrogens with one attached hydrogen (secondary N) is 1. The topological polar surface area (TPSA) is 69.6 Å². The summed E-state index contributed by atoms with van der Waals surface area (Å²) in [5.74, 6) is 0. The van der Waals surface area contributed by atoms with E-state index in [4.69, 9.17) is 5.11 Å². The summed E-state index contributed by atoms with van der Waals surface area (Å²) in [6.45, 7) is 6.07. The largest absolute Gasteiger partial charge is 0.395 e. The molecule has 0 aliphatic heterocycles. The van der Waals surface area contributed by atoms with Gasteiger partial charge in [0, 0.05) is 30.6 Å². The van der Waals surface area contributed by atoms with Crippen LogP contribution in [0.3, 0.4) is 0 Å². The fourth-order valence-corrected chi connectivity index (χ4v) is 5.29. The van der Waals surface area contributed by atoms with Crippen molar-refractivity contribution in [2.24, 2.45) is 0 Å². The van der Waals surface area contributed by atoms with Crippen molar-refractivity contribution in [1.82, 2.24) is 9.62 Å². The molecule has 118 valence electrons. The lowest BCUT2D eigenvalue weighted by Crippen LogP contribution is -2.34. The van der Waals surface area contributed by atoms with Crippen LogP contribution in [0.25, 0.3) is 0 Å². The second-order valence-electron chi connectivity index (χ2n) is 5.20. The van der Waals surface area contributed by atoms with E-state index in [2.05, 4.69) is 11.9 Å². The summed E-state index contributed by atoms with van der Waals surface area (Å²) in [5.41, 5.74) is 0.764. The third-order valence-corrected chi connectivity index (χ3v) is 6.73. The molecule has 1 aromatic heterocycles. The summed E-state index contributed by atoms with van der Waals surface area (Å²) in [7, 11) is -3.60. The van der Waals surface area contributed by atoms with Crippen LogP contribution in [0.2, 0.25) is 0 Å². The Kier molecular flexibility index (Phi) is 5.56. The second-order valence-corrected chi connectivity index (χ2v) is 8.04. The van der Waals surface area contributed by atoms with E-state index in [0.717, 1.165) is 10.4 Å². The van der Waals surface area contributed by atoms with Gasteiger partial charge < -0.3 is 10.4 Å². The van der Waals surface area contributed by atoms with Crippen molar-refractivity contribution in [2.75, 3.05) is 19.7 Å². The van der Waals surface area contributed by atoms with Gasteiger partial charge in [-0.2, -0.15) is 4.31 Å². The molecule has 0 atom stereocenters. The van der Waals surface area contributed by atoms with Crippen LogP contribution in [-0.2, 0) is 16.6 Å². The SMILES string of the molecule is C=CCN(CCO)S(=O)(=O)c1c(C)csc1CNC1CC1. The van der Waals surface area contributed by atoms with Crippen LogP contribution >= 0.6 is 11.3 Å². The van der Waals surface area contributed by atoms with Crippen LogP contribution in [0.5, 0.6) is 0 Å². The summed E-state index contributed by atoms with van der Waals surface area (Å²) < 4.78 is 26.9. The highest BCUT2D eigenvalue weighted by molar-refractivity contribution is 7.89. The van der Waals surface area contributed by atoms with Gasteiger partial charge in [0.2, 0.25) is 10.0 Å². The van der Waals surface area contributed by atoms with E-state index in [1.165, 1.54) is 34.6 Å². The molecule has 1 heterocycles. The Morgan fingerprint density at radius 2 is 2.29 bits per heavy atom. The van der Waals surface area contributed by atoms with Gasteiger partial charge in [-0.25, -0.2) is 8.42 Å². The van der Waals surface area contributed by atoms with Crippen molar-refractivity contribution in [2.45, 2.75) is 37.2 Å². The predicted molar refractivity (Wildman–Crippen MR) is 85.0 cm³/mol. The van der Waals surface area contributed by atoms with Crippen molar-refractivity contribution in [3.05, 3.63) is 28.5 Å². The highest BCUT2D eigenvalue weighted by atomic mass is 32.2. The van der Waals surface area contributed by atoms with Gasteiger partial charge in [-0.3, -0.25) is 0 Å². The van der Waals surface area contributed by atoms with Gasteiger partial charge in [0.1, 0.15) is 4.90 Å². The molecule has 1 aliphatic carbocycles. The molecule has 0 bridgehead atoms. The summed E-state index contributed by atoms with van der Waals surface area (Å²) in [4.78, 5) is 1.22. The van der Waals surface area contributed by atoms with Gasteiger partial charge in [0.15, 0.2) is 0 Å². The molecule has 0 aromatic carbocycles. The Bertz CT molecular complexity index is 591. The Morgan fingerprint density at radius 3 is 2.86 bits per heavy atom. The normalized spacial score (nSPS) is 15.6. The number of nitrogens with zero attached hydrogens (tertiary/aromatic N) is 1. The monoisotopic (exact) mass is 330 g/mol. The number of thiophene rings is 1. The first-order chi connectivity index (χ1) is 10.0. The maximum Gasteiger partial charge on any atom is 0.244 e. The smallest absolute Gasteiger partial charge is 0.244 e. The molecule has 0 saturated heterocycles.